The number of benzene rings is 2. The minimum atomic E-state index is -1.35. The Bertz CT molecular complexity index is 721. The van der Waals surface area contributed by atoms with Gasteiger partial charge < -0.3 is 5.11 Å². The molecule has 2 aromatic rings. The maximum absolute atomic E-state index is 13.1. The van der Waals surface area contributed by atoms with Gasteiger partial charge in [-0.1, -0.05) is 67.8 Å². The summed E-state index contributed by atoms with van der Waals surface area (Å²) in [7, 11) is 0. The quantitative estimate of drug-likeness (QED) is 0.919. The van der Waals surface area contributed by atoms with Gasteiger partial charge in [-0.2, -0.15) is 0 Å². The van der Waals surface area contributed by atoms with Crippen molar-refractivity contribution in [1.82, 2.24) is 4.90 Å². The van der Waals surface area contributed by atoms with Crippen LogP contribution in [0.5, 0.6) is 0 Å². The highest BCUT2D eigenvalue weighted by Gasteiger charge is 2.52. The van der Waals surface area contributed by atoms with Crippen molar-refractivity contribution in [3.8, 4) is 0 Å². The van der Waals surface area contributed by atoms with Crippen LogP contribution in [0.2, 0.25) is 0 Å². The van der Waals surface area contributed by atoms with Crippen molar-refractivity contribution >= 4 is 5.91 Å². The van der Waals surface area contributed by atoms with Gasteiger partial charge in [-0.25, -0.2) is 0 Å². The minimum absolute atomic E-state index is 0.0427. The van der Waals surface area contributed by atoms with Gasteiger partial charge in [0.15, 0.2) is 5.72 Å². The maximum atomic E-state index is 13.1. The van der Waals surface area contributed by atoms with E-state index in [0.29, 0.717) is 11.1 Å². The summed E-state index contributed by atoms with van der Waals surface area (Å²) in [5.41, 5.74) is 0.756. The molecule has 0 spiro atoms. The Kier molecular flexibility index (Phi) is 3.46. The van der Waals surface area contributed by atoms with E-state index in [1.807, 2.05) is 54.6 Å². The number of carbonyl (C=O) groups excluding carboxylic acids is 1. The molecule has 0 bridgehead atoms. The molecule has 118 valence electrons. The molecule has 2 aromatic carbocycles. The predicted molar refractivity (Wildman–Crippen MR) is 88.9 cm³/mol. The van der Waals surface area contributed by atoms with Gasteiger partial charge in [-0.15, -0.1) is 0 Å². The number of hydrogen-bond donors (Lipinski definition) is 1. The van der Waals surface area contributed by atoms with Gasteiger partial charge in [0.05, 0.1) is 0 Å². The summed E-state index contributed by atoms with van der Waals surface area (Å²) in [6, 6.07) is 17.1. The lowest BCUT2D eigenvalue weighted by Gasteiger charge is -2.41. The smallest absolute Gasteiger partial charge is 0.257 e. The van der Waals surface area contributed by atoms with E-state index in [1.165, 1.54) is 6.42 Å². The van der Waals surface area contributed by atoms with Gasteiger partial charge >= 0.3 is 0 Å². The highest BCUT2D eigenvalue weighted by Crippen LogP contribution is 2.45. The molecule has 1 unspecified atom stereocenters. The van der Waals surface area contributed by atoms with Crippen LogP contribution >= 0.6 is 0 Å². The number of aliphatic hydroxyl groups is 1. The third kappa shape index (κ3) is 2.11. The number of amides is 1. The zero-order valence-electron chi connectivity index (χ0n) is 13.1. The van der Waals surface area contributed by atoms with Gasteiger partial charge in [0.2, 0.25) is 0 Å². The predicted octanol–water partition coefficient (Wildman–Crippen LogP) is 3.67. The van der Waals surface area contributed by atoms with Crippen LogP contribution in [-0.2, 0) is 5.72 Å². The lowest BCUT2D eigenvalue weighted by Crippen LogP contribution is -2.51. The summed E-state index contributed by atoms with van der Waals surface area (Å²) in [4.78, 5) is 14.8. The topological polar surface area (TPSA) is 40.5 Å². The minimum Gasteiger partial charge on any atom is -0.363 e. The highest BCUT2D eigenvalue weighted by molar-refractivity contribution is 6.00. The average Bonchev–Trinajstić information content (AvgIpc) is 2.86. The van der Waals surface area contributed by atoms with E-state index in [0.717, 1.165) is 31.2 Å². The van der Waals surface area contributed by atoms with Crippen LogP contribution in [0.25, 0.3) is 0 Å². The molecule has 0 aromatic heterocycles. The highest BCUT2D eigenvalue weighted by atomic mass is 16.3. The number of fused-ring (bicyclic) bond motifs is 1. The normalized spacial score (nSPS) is 24.7. The summed E-state index contributed by atoms with van der Waals surface area (Å²) >= 11 is 0. The Morgan fingerprint density at radius 3 is 2.30 bits per heavy atom. The lowest BCUT2D eigenvalue weighted by atomic mass is 9.89. The second kappa shape index (κ2) is 5.50. The first-order valence-corrected chi connectivity index (χ1v) is 8.44. The van der Waals surface area contributed by atoms with Crippen LogP contribution in [0.3, 0.4) is 0 Å². The van der Waals surface area contributed by atoms with Crippen molar-refractivity contribution < 1.29 is 9.90 Å². The van der Waals surface area contributed by atoms with Crippen LogP contribution in [-0.4, -0.2) is 22.0 Å². The van der Waals surface area contributed by atoms with Crippen molar-refractivity contribution in [2.75, 3.05) is 0 Å². The SMILES string of the molecule is O=C1c2ccccc2C(O)(c2ccccc2)N1C1CCCCC1. The first kappa shape index (κ1) is 14.5. The molecule has 2 aliphatic rings. The third-order valence-corrected chi connectivity index (χ3v) is 5.22. The summed E-state index contributed by atoms with van der Waals surface area (Å²) < 4.78 is 0. The Morgan fingerprint density at radius 1 is 0.913 bits per heavy atom. The molecule has 1 saturated carbocycles. The first-order chi connectivity index (χ1) is 11.2. The van der Waals surface area contributed by atoms with E-state index < -0.39 is 5.72 Å². The largest absolute Gasteiger partial charge is 0.363 e. The summed E-state index contributed by atoms with van der Waals surface area (Å²) in [5, 5.41) is 11.7. The van der Waals surface area contributed by atoms with Gasteiger partial charge in [0, 0.05) is 22.7 Å². The van der Waals surface area contributed by atoms with Crippen LogP contribution in [0, 0.1) is 0 Å². The van der Waals surface area contributed by atoms with Crippen molar-refractivity contribution in [2.24, 2.45) is 0 Å². The van der Waals surface area contributed by atoms with Gasteiger partial charge in [-0.3, -0.25) is 9.69 Å². The molecule has 0 radical (unpaired) electrons. The van der Waals surface area contributed by atoms with Gasteiger partial charge in [0.1, 0.15) is 0 Å². The van der Waals surface area contributed by atoms with Crippen molar-refractivity contribution in [3.05, 3.63) is 71.3 Å². The fourth-order valence-corrected chi connectivity index (χ4v) is 4.11. The molecule has 23 heavy (non-hydrogen) atoms. The zero-order chi connectivity index (χ0) is 15.9. The number of hydrogen-bond acceptors (Lipinski definition) is 2. The Hall–Kier alpha value is -2.13. The molecule has 1 aliphatic heterocycles. The number of nitrogens with zero attached hydrogens (tertiary/aromatic N) is 1. The van der Waals surface area contributed by atoms with Gasteiger partial charge in [-0.05, 0) is 18.9 Å². The molecule has 1 N–H and O–H groups in total. The first-order valence-electron chi connectivity index (χ1n) is 8.44. The van der Waals surface area contributed by atoms with E-state index in [1.54, 1.807) is 4.90 Å². The monoisotopic (exact) mass is 307 g/mol. The zero-order valence-corrected chi connectivity index (χ0v) is 13.1. The summed E-state index contributed by atoms with van der Waals surface area (Å²) in [5.74, 6) is -0.0427. The van der Waals surface area contributed by atoms with E-state index in [-0.39, 0.29) is 11.9 Å². The van der Waals surface area contributed by atoms with Crippen molar-refractivity contribution in [3.63, 3.8) is 0 Å². The van der Waals surface area contributed by atoms with E-state index in [2.05, 4.69) is 0 Å². The molecular formula is C20H21NO2. The molecule has 0 saturated heterocycles. The molecule has 3 heteroatoms. The molecule has 1 heterocycles. The summed E-state index contributed by atoms with van der Waals surface area (Å²) in [6.07, 6.45) is 5.39. The van der Waals surface area contributed by atoms with E-state index >= 15 is 0 Å². The summed E-state index contributed by atoms with van der Waals surface area (Å²) in [6.45, 7) is 0. The van der Waals surface area contributed by atoms with Crippen LogP contribution in [0.1, 0.15) is 53.6 Å². The lowest BCUT2D eigenvalue weighted by molar-refractivity contribution is -0.0756. The van der Waals surface area contributed by atoms with Crippen LogP contribution in [0.15, 0.2) is 54.6 Å². The Morgan fingerprint density at radius 2 is 1.57 bits per heavy atom. The Balaban J connectivity index is 1.89. The molecule has 1 aliphatic carbocycles. The standard InChI is InChI=1S/C20H21NO2/c22-19-17-13-7-8-14-18(17)20(23,15-9-3-1-4-10-15)21(19)16-11-5-2-6-12-16/h1,3-4,7-10,13-14,16,23H,2,5-6,11-12H2. The van der Waals surface area contributed by atoms with E-state index in [4.69, 9.17) is 0 Å². The molecule has 4 rings (SSSR count). The van der Waals surface area contributed by atoms with Gasteiger partial charge in [0.25, 0.3) is 5.91 Å². The molecule has 1 amide bonds. The maximum Gasteiger partial charge on any atom is 0.257 e. The second-order valence-corrected chi connectivity index (χ2v) is 6.55. The number of rotatable bonds is 2. The fourth-order valence-electron chi connectivity index (χ4n) is 4.11. The second-order valence-electron chi connectivity index (χ2n) is 6.55. The fraction of sp³-hybridized carbons (Fsp3) is 0.350. The molecule has 3 nitrogen and oxygen atoms in total. The Labute approximate surface area is 136 Å². The average molecular weight is 307 g/mol. The molecular weight excluding hydrogens is 286 g/mol. The van der Waals surface area contributed by atoms with Crippen molar-refractivity contribution in [2.45, 2.75) is 43.9 Å². The third-order valence-electron chi connectivity index (χ3n) is 5.22. The molecule has 1 fully saturated rings. The number of carbonyl (C=O) groups is 1. The van der Waals surface area contributed by atoms with E-state index in [9.17, 15) is 9.90 Å². The van der Waals surface area contributed by atoms with Crippen LogP contribution < -0.4 is 0 Å². The van der Waals surface area contributed by atoms with Crippen molar-refractivity contribution in [1.29, 1.82) is 0 Å². The molecule has 1 atom stereocenters. The van der Waals surface area contributed by atoms with Crippen LogP contribution in [0.4, 0.5) is 0 Å².